The number of phenols is 1. The van der Waals surface area contributed by atoms with Crippen LogP contribution in [0.4, 0.5) is 4.39 Å². The van der Waals surface area contributed by atoms with Crippen molar-refractivity contribution in [3.05, 3.63) is 29.6 Å². The van der Waals surface area contributed by atoms with Crippen LogP contribution in [0.25, 0.3) is 0 Å². The Morgan fingerprint density at radius 3 is 3.09 bits per heavy atom. The van der Waals surface area contributed by atoms with Crippen LogP contribution < -0.4 is 5.32 Å². The summed E-state index contributed by atoms with van der Waals surface area (Å²) in [6.07, 6.45) is 2.19. The van der Waals surface area contributed by atoms with E-state index in [1.807, 2.05) is 0 Å². The first kappa shape index (κ1) is 16.7. The summed E-state index contributed by atoms with van der Waals surface area (Å²) in [6, 6.07) is 3.66. The first-order valence-electron chi connectivity index (χ1n) is 7.58. The van der Waals surface area contributed by atoms with Crippen molar-refractivity contribution in [1.82, 2.24) is 10.2 Å². The Labute approximate surface area is 130 Å². The molecule has 1 aromatic rings. The highest BCUT2D eigenvalue weighted by Gasteiger charge is 2.20. The van der Waals surface area contributed by atoms with Gasteiger partial charge in [-0.1, -0.05) is 0 Å². The van der Waals surface area contributed by atoms with Crippen LogP contribution in [-0.2, 0) is 4.74 Å². The van der Waals surface area contributed by atoms with E-state index in [0.29, 0.717) is 19.1 Å². The quantitative estimate of drug-likeness (QED) is 0.838. The van der Waals surface area contributed by atoms with Crippen LogP contribution in [0.2, 0.25) is 0 Å². The number of nitrogens with zero attached hydrogens (tertiary/aromatic N) is 1. The molecule has 6 heteroatoms. The van der Waals surface area contributed by atoms with E-state index >= 15 is 0 Å². The maximum absolute atomic E-state index is 13.3. The lowest BCUT2D eigenvalue weighted by atomic mass is 9.98. The summed E-state index contributed by atoms with van der Waals surface area (Å²) in [4.78, 5) is 14.3. The standard InChI is InChI=1S/C16H23FN2O3/c1-22-8-7-19-6-2-3-12(11-19)10-18-16(21)13-4-5-15(20)14(17)9-13/h4-5,9,12,20H,2-3,6-8,10-11H2,1H3,(H,18,21)/t12-/m0/s1. The van der Waals surface area contributed by atoms with Crippen LogP contribution in [0.1, 0.15) is 23.2 Å². The van der Waals surface area contributed by atoms with E-state index in [1.54, 1.807) is 7.11 Å². The highest BCUT2D eigenvalue weighted by atomic mass is 19.1. The lowest BCUT2D eigenvalue weighted by molar-refractivity contribution is 0.0912. The SMILES string of the molecule is COCCN1CCC[C@@H](CNC(=O)c2ccc(O)c(F)c2)C1. The number of carbonyl (C=O) groups is 1. The fourth-order valence-electron chi connectivity index (χ4n) is 2.73. The first-order chi connectivity index (χ1) is 10.6. The number of methoxy groups -OCH3 is 1. The largest absolute Gasteiger partial charge is 0.505 e. The Hall–Kier alpha value is -1.66. The average Bonchev–Trinajstić information content (AvgIpc) is 2.53. The van der Waals surface area contributed by atoms with Crippen molar-refractivity contribution in [2.45, 2.75) is 12.8 Å². The van der Waals surface area contributed by atoms with E-state index in [1.165, 1.54) is 12.1 Å². The van der Waals surface area contributed by atoms with Gasteiger partial charge in [0.15, 0.2) is 11.6 Å². The minimum absolute atomic E-state index is 0.224. The smallest absolute Gasteiger partial charge is 0.251 e. The van der Waals surface area contributed by atoms with Gasteiger partial charge >= 0.3 is 0 Å². The van der Waals surface area contributed by atoms with E-state index in [-0.39, 0.29) is 11.5 Å². The molecule has 1 aromatic carbocycles. The van der Waals surface area contributed by atoms with Crippen LogP contribution in [-0.4, -0.2) is 55.8 Å². The highest BCUT2D eigenvalue weighted by Crippen LogP contribution is 2.17. The Morgan fingerprint density at radius 2 is 2.36 bits per heavy atom. The third-order valence-corrected chi connectivity index (χ3v) is 3.98. The molecular formula is C16H23FN2O3. The van der Waals surface area contributed by atoms with Crippen molar-refractivity contribution >= 4 is 5.91 Å². The molecule has 1 fully saturated rings. The van der Waals surface area contributed by atoms with Gasteiger partial charge in [-0.25, -0.2) is 4.39 Å². The summed E-state index contributed by atoms with van der Waals surface area (Å²) >= 11 is 0. The molecule has 2 rings (SSSR count). The summed E-state index contributed by atoms with van der Waals surface area (Å²) in [5, 5.41) is 12.0. The normalized spacial score (nSPS) is 19.1. The molecule has 0 radical (unpaired) electrons. The van der Waals surface area contributed by atoms with E-state index < -0.39 is 11.6 Å². The number of ether oxygens (including phenoxy) is 1. The number of rotatable bonds is 6. The average molecular weight is 310 g/mol. The Bertz CT molecular complexity index is 510. The van der Waals surface area contributed by atoms with Gasteiger partial charge in [0.2, 0.25) is 0 Å². The number of benzene rings is 1. The molecule has 1 aliphatic rings. The fraction of sp³-hybridized carbons (Fsp3) is 0.562. The number of hydrogen-bond donors (Lipinski definition) is 2. The lowest BCUT2D eigenvalue weighted by Gasteiger charge is -2.32. The molecule has 1 heterocycles. The molecule has 0 unspecified atom stereocenters. The predicted octanol–water partition coefficient (Wildman–Crippen LogP) is 1.62. The Balaban J connectivity index is 1.81. The second kappa shape index (κ2) is 8.10. The van der Waals surface area contributed by atoms with Crippen LogP contribution in [0.5, 0.6) is 5.75 Å². The maximum Gasteiger partial charge on any atom is 0.251 e. The highest BCUT2D eigenvalue weighted by molar-refractivity contribution is 5.94. The van der Waals surface area contributed by atoms with Crippen LogP contribution in [0.3, 0.4) is 0 Å². The van der Waals surface area contributed by atoms with Crippen molar-refractivity contribution in [3.63, 3.8) is 0 Å². The summed E-state index contributed by atoms with van der Waals surface area (Å²) in [7, 11) is 1.69. The number of piperidine rings is 1. The Morgan fingerprint density at radius 1 is 1.55 bits per heavy atom. The van der Waals surface area contributed by atoms with Gasteiger partial charge in [-0.3, -0.25) is 4.79 Å². The zero-order chi connectivity index (χ0) is 15.9. The third kappa shape index (κ3) is 4.68. The molecule has 2 N–H and O–H groups in total. The molecule has 0 spiro atoms. The van der Waals surface area contributed by atoms with Crippen molar-refractivity contribution in [3.8, 4) is 5.75 Å². The van der Waals surface area contributed by atoms with Crippen molar-refractivity contribution in [2.24, 2.45) is 5.92 Å². The van der Waals surface area contributed by atoms with Gasteiger partial charge in [-0.15, -0.1) is 0 Å². The number of carbonyl (C=O) groups excluding carboxylic acids is 1. The van der Waals surface area contributed by atoms with Crippen molar-refractivity contribution < 1.29 is 19.0 Å². The molecule has 1 amide bonds. The van der Waals surface area contributed by atoms with Crippen LogP contribution in [0.15, 0.2) is 18.2 Å². The number of hydrogen-bond acceptors (Lipinski definition) is 4. The first-order valence-corrected chi connectivity index (χ1v) is 7.58. The number of amides is 1. The van der Waals surface area contributed by atoms with Gasteiger partial charge in [0.05, 0.1) is 6.61 Å². The summed E-state index contributed by atoms with van der Waals surface area (Å²) in [5.74, 6) is -1.14. The molecule has 0 aromatic heterocycles. The zero-order valence-electron chi connectivity index (χ0n) is 12.8. The topological polar surface area (TPSA) is 61.8 Å². The lowest BCUT2D eigenvalue weighted by Crippen LogP contribution is -2.42. The molecule has 0 bridgehead atoms. The summed E-state index contributed by atoms with van der Waals surface area (Å²) in [5.41, 5.74) is 0.224. The second-order valence-electron chi connectivity index (χ2n) is 5.68. The maximum atomic E-state index is 13.3. The Kier molecular flexibility index (Phi) is 6.15. The van der Waals surface area contributed by atoms with E-state index in [4.69, 9.17) is 9.84 Å². The minimum atomic E-state index is -0.781. The number of aromatic hydroxyl groups is 1. The molecule has 0 aliphatic carbocycles. The molecule has 5 nitrogen and oxygen atoms in total. The molecule has 122 valence electrons. The van der Waals surface area contributed by atoms with Crippen LogP contribution >= 0.6 is 0 Å². The van der Waals surface area contributed by atoms with Crippen molar-refractivity contribution in [2.75, 3.05) is 39.9 Å². The minimum Gasteiger partial charge on any atom is -0.505 e. The monoisotopic (exact) mass is 310 g/mol. The van der Waals surface area contributed by atoms with E-state index in [0.717, 1.165) is 38.5 Å². The molecule has 1 saturated heterocycles. The number of halogens is 1. The predicted molar refractivity (Wildman–Crippen MR) is 81.4 cm³/mol. The number of nitrogens with one attached hydrogen (secondary N) is 1. The van der Waals surface area contributed by atoms with Gasteiger partial charge in [-0.2, -0.15) is 0 Å². The molecule has 1 aliphatic heterocycles. The third-order valence-electron chi connectivity index (χ3n) is 3.98. The van der Waals surface area contributed by atoms with Gasteiger partial charge in [0.25, 0.3) is 5.91 Å². The molecule has 0 saturated carbocycles. The fourth-order valence-corrected chi connectivity index (χ4v) is 2.73. The summed E-state index contributed by atoms with van der Waals surface area (Å²) < 4.78 is 18.3. The zero-order valence-corrected chi connectivity index (χ0v) is 12.8. The number of likely N-dealkylation sites (tertiary alicyclic amines) is 1. The van der Waals surface area contributed by atoms with E-state index in [2.05, 4.69) is 10.2 Å². The molecule has 22 heavy (non-hydrogen) atoms. The van der Waals surface area contributed by atoms with Gasteiger partial charge in [0.1, 0.15) is 0 Å². The molecule has 1 atom stereocenters. The van der Waals surface area contributed by atoms with Gasteiger partial charge in [-0.05, 0) is 43.5 Å². The molecular weight excluding hydrogens is 287 g/mol. The second-order valence-corrected chi connectivity index (χ2v) is 5.68. The van der Waals surface area contributed by atoms with Gasteiger partial charge < -0.3 is 20.1 Å². The van der Waals surface area contributed by atoms with E-state index in [9.17, 15) is 9.18 Å². The number of phenolic OH excluding ortho intramolecular Hbond substituents is 1. The summed E-state index contributed by atoms with van der Waals surface area (Å²) in [6.45, 7) is 4.20. The van der Waals surface area contributed by atoms with Gasteiger partial charge in [0, 0.05) is 32.3 Å². The van der Waals surface area contributed by atoms with Crippen molar-refractivity contribution in [1.29, 1.82) is 0 Å². The van der Waals surface area contributed by atoms with Crippen LogP contribution in [0, 0.1) is 11.7 Å².